The van der Waals surface area contributed by atoms with E-state index in [2.05, 4.69) is 5.32 Å². The Morgan fingerprint density at radius 3 is 3.20 bits per heavy atom. The summed E-state index contributed by atoms with van der Waals surface area (Å²) in [6, 6.07) is 0. The summed E-state index contributed by atoms with van der Waals surface area (Å²) < 4.78 is 13.0. The van der Waals surface area contributed by atoms with E-state index in [4.69, 9.17) is 0 Å². The van der Waals surface area contributed by atoms with E-state index in [-0.39, 0.29) is 0 Å². The molecule has 1 aliphatic carbocycles. The number of halogens is 1. The van der Waals surface area contributed by atoms with Crippen molar-refractivity contribution >= 4 is 0 Å². The van der Waals surface area contributed by atoms with E-state index in [9.17, 15) is 4.39 Å². The molecule has 0 aromatic rings. The Morgan fingerprint density at radius 1 is 1.50 bits per heavy atom. The average Bonchev–Trinajstić information content (AvgIpc) is 2.36. The van der Waals surface area contributed by atoms with Gasteiger partial charge in [-0.3, -0.25) is 0 Å². The van der Waals surface area contributed by atoms with Crippen molar-refractivity contribution in [2.45, 2.75) is 12.6 Å². The van der Waals surface area contributed by atoms with Crippen LogP contribution in [-0.2, 0) is 0 Å². The maximum atomic E-state index is 13.0. The van der Waals surface area contributed by atoms with E-state index in [1.165, 1.54) is 5.57 Å². The molecule has 0 amide bonds. The fraction of sp³-hybridized carbons (Fsp3) is 0.500. The van der Waals surface area contributed by atoms with Gasteiger partial charge in [0.25, 0.3) is 0 Å². The van der Waals surface area contributed by atoms with Crippen molar-refractivity contribution in [3.05, 3.63) is 23.3 Å². The Bertz CT molecular complexity index is 205. The van der Waals surface area contributed by atoms with Crippen LogP contribution >= 0.6 is 0 Å². The SMILES string of the molecule is FC1CC=CC2=C1CNC2. The third kappa shape index (κ3) is 0.797. The van der Waals surface area contributed by atoms with E-state index in [1.54, 1.807) is 0 Å². The normalized spacial score (nSPS) is 31.1. The van der Waals surface area contributed by atoms with E-state index in [0.717, 1.165) is 18.7 Å². The Morgan fingerprint density at radius 2 is 2.40 bits per heavy atom. The number of rotatable bonds is 0. The van der Waals surface area contributed by atoms with Crippen molar-refractivity contribution in [2.24, 2.45) is 0 Å². The summed E-state index contributed by atoms with van der Waals surface area (Å²) in [5.41, 5.74) is 2.14. The van der Waals surface area contributed by atoms with Crippen LogP contribution in [0.5, 0.6) is 0 Å². The highest BCUT2D eigenvalue weighted by Gasteiger charge is 2.22. The maximum Gasteiger partial charge on any atom is 0.126 e. The minimum Gasteiger partial charge on any atom is -0.309 e. The van der Waals surface area contributed by atoms with Gasteiger partial charge in [-0.05, 0) is 11.1 Å². The smallest absolute Gasteiger partial charge is 0.126 e. The van der Waals surface area contributed by atoms with E-state index in [1.807, 2.05) is 12.2 Å². The summed E-state index contributed by atoms with van der Waals surface area (Å²) in [6.07, 6.45) is 3.80. The van der Waals surface area contributed by atoms with Gasteiger partial charge in [0.1, 0.15) is 6.17 Å². The van der Waals surface area contributed by atoms with Gasteiger partial charge in [-0.1, -0.05) is 12.2 Å². The molecule has 0 aromatic carbocycles. The molecule has 0 radical (unpaired) electrons. The summed E-state index contributed by atoms with van der Waals surface area (Å²) in [6.45, 7) is 1.60. The van der Waals surface area contributed by atoms with E-state index in [0.29, 0.717) is 6.42 Å². The first-order valence-electron chi connectivity index (χ1n) is 3.61. The van der Waals surface area contributed by atoms with Gasteiger partial charge in [0, 0.05) is 19.5 Å². The summed E-state index contributed by atoms with van der Waals surface area (Å²) >= 11 is 0. The van der Waals surface area contributed by atoms with Crippen LogP contribution in [0.2, 0.25) is 0 Å². The zero-order valence-electron chi connectivity index (χ0n) is 5.73. The Kier molecular flexibility index (Phi) is 1.34. The Balaban J connectivity index is 2.30. The molecule has 0 spiro atoms. The molecule has 10 heavy (non-hydrogen) atoms. The molecule has 0 bridgehead atoms. The largest absolute Gasteiger partial charge is 0.309 e. The van der Waals surface area contributed by atoms with Crippen molar-refractivity contribution in [3.63, 3.8) is 0 Å². The van der Waals surface area contributed by atoms with Gasteiger partial charge in [0.05, 0.1) is 0 Å². The lowest BCUT2D eigenvalue weighted by atomic mass is 9.99. The molecule has 1 heterocycles. The predicted molar refractivity (Wildman–Crippen MR) is 38.5 cm³/mol. The van der Waals surface area contributed by atoms with Crippen molar-refractivity contribution in [3.8, 4) is 0 Å². The fourth-order valence-electron chi connectivity index (χ4n) is 1.51. The van der Waals surface area contributed by atoms with E-state index < -0.39 is 6.17 Å². The number of nitrogens with one attached hydrogen (secondary N) is 1. The molecule has 1 atom stereocenters. The quantitative estimate of drug-likeness (QED) is 0.531. The summed E-state index contributed by atoms with van der Waals surface area (Å²) in [7, 11) is 0. The number of hydrogen-bond donors (Lipinski definition) is 1. The molecule has 1 unspecified atom stereocenters. The molecular weight excluding hydrogens is 129 g/mol. The van der Waals surface area contributed by atoms with Gasteiger partial charge >= 0.3 is 0 Å². The van der Waals surface area contributed by atoms with Gasteiger partial charge in [-0.25, -0.2) is 4.39 Å². The molecular formula is C8H10FN. The molecule has 2 heteroatoms. The minimum atomic E-state index is -0.713. The van der Waals surface area contributed by atoms with Gasteiger partial charge < -0.3 is 5.32 Å². The fourth-order valence-corrected chi connectivity index (χ4v) is 1.51. The standard InChI is InChI=1S/C8H10FN/c9-8-3-1-2-6-4-10-5-7(6)8/h1-2,8,10H,3-5H2. The lowest BCUT2D eigenvalue weighted by Gasteiger charge is -2.11. The highest BCUT2D eigenvalue weighted by molar-refractivity contribution is 5.37. The van der Waals surface area contributed by atoms with Crippen molar-refractivity contribution in [2.75, 3.05) is 13.1 Å². The van der Waals surface area contributed by atoms with Crippen LogP contribution in [0, 0.1) is 0 Å². The van der Waals surface area contributed by atoms with Crippen LogP contribution < -0.4 is 5.32 Å². The molecule has 0 fully saturated rings. The first-order valence-corrected chi connectivity index (χ1v) is 3.61. The highest BCUT2D eigenvalue weighted by atomic mass is 19.1. The van der Waals surface area contributed by atoms with Crippen LogP contribution in [0.1, 0.15) is 6.42 Å². The third-order valence-corrected chi connectivity index (χ3v) is 2.08. The number of alkyl halides is 1. The summed E-state index contributed by atoms with van der Waals surface area (Å²) in [4.78, 5) is 0. The number of hydrogen-bond acceptors (Lipinski definition) is 1. The molecule has 0 saturated heterocycles. The molecule has 2 rings (SSSR count). The van der Waals surface area contributed by atoms with Crippen LogP contribution in [0.3, 0.4) is 0 Å². The summed E-state index contributed by atoms with van der Waals surface area (Å²) in [5, 5.41) is 3.13. The van der Waals surface area contributed by atoms with Crippen LogP contribution in [-0.4, -0.2) is 19.3 Å². The zero-order chi connectivity index (χ0) is 6.97. The topological polar surface area (TPSA) is 12.0 Å². The maximum absolute atomic E-state index is 13.0. The van der Waals surface area contributed by atoms with Gasteiger partial charge in [0.15, 0.2) is 0 Å². The lowest BCUT2D eigenvalue weighted by Crippen LogP contribution is -2.13. The first-order chi connectivity index (χ1) is 4.88. The van der Waals surface area contributed by atoms with Crippen LogP contribution in [0.25, 0.3) is 0 Å². The van der Waals surface area contributed by atoms with Crippen molar-refractivity contribution in [1.29, 1.82) is 0 Å². The Labute approximate surface area is 59.6 Å². The minimum absolute atomic E-state index is 0.570. The summed E-state index contributed by atoms with van der Waals surface area (Å²) in [5.74, 6) is 0. The van der Waals surface area contributed by atoms with Gasteiger partial charge in [-0.15, -0.1) is 0 Å². The van der Waals surface area contributed by atoms with Crippen LogP contribution in [0.15, 0.2) is 23.3 Å². The zero-order valence-corrected chi connectivity index (χ0v) is 5.73. The second-order valence-electron chi connectivity index (χ2n) is 2.76. The molecule has 2 aliphatic rings. The van der Waals surface area contributed by atoms with Gasteiger partial charge in [0.2, 0.25) is 0 Å². The lowest BCUT2D eigenvalue weighted by molar-refractivity contribution is 0.378. The highest BCUT2D eigenvalue weighted by Crippen LogP contribution is 2.24. The van der Waals surface area contributed by atoms with Crippen molar-refractivity contribution < 1.29 is 4.39 Å². The molecule has 1 aliphatic heterocycles. The molecule has 0 saturated carbocycles. The molecule has 0 aromatic heterocycles. The van der Waals surface area contributed by atoms with E-state index >= 15 is 0 Å². The average molecular weight is 139 g/mol. The van der Waals surface area contributed by atoms with Gasteiger partial charge in [-0.2, -0.15) is 0 Å². The molecule has 1 nitrogen and oxygen atoms in total. The molecule has 54 valence electrons. The Hall–Kier alpha value is -0.630. The van der Waals surface area contributed by atoms with Crippen LogP contribution in [0.4, 0.5) is 4.39 Å². The molecule has 1 N–H and O–H groups in total. The predicted octanol–water partition coefficient (Wildman–Crippen LogP) is 1.18. The second-order valence-corrected chi connectivity index (χ2v) is 2.76. The monoisotopic (exact) mass is 139 g/mol. The van der Waals surface area contributed by atoms with Crippen molar-refractivity contribution in [1.82, 2.24) is 5.32 Å². The third-order valence-electron chi connectivity index (χ3n) is 2.08. The second kappa shape index (κ2) is 2.20. The first kappa shape index (κ1) is 6.10. The number of allylic oxidation sites excluding steroid dienone is 1.